The van der Waals surface area contributed by atoms with E-state index in [1.165, 1.54) is 0 Å². The van der Waals surface area contributed by atoms with Gasteiger partial charge in [0, 0.05) is 18.2 Å². The molecule has 114 valence electrons. The van der Waals surface area contributed by atoms with Crippen LogP contribution in [0, 0.1) is 0 Å². The maximum atomic E-state index is 11.6. The molecule has 6 heteroatoms. The molecule has 1 aliphatic heterocycles. The standard InChI is InChI=1S/C15H21N3O2S/c1-2-3-15-17-13-10-11(16)4-5-14(13)18(15)12-6-8-21(19,20)9-7-12/h4-5,10,12H,2-3,6-9,16H2,1H3. The molecule has 0 radical (unpaired) electrons. The van der Waals surface area contributed by atoms with Crippen molar-refractivity contribution in [3.05, 3.63) is 24.0 Å². The van der Waals surface area contributed by atoms with Gasteiger partial charge in [0.1, 0.15) is 15.7 Å². The maximum absolute atomic E-state index is 11.6. The lowest BCUT2D eigenvalue weighted by Gasteiger charge is -2.25. The Morgan fingerprint density at radius 3 is 2.71 bits per heavy atom. The molecule has 5 nitrogen and oxygen atoms in total. The molecule has 0 saturated carbocycles. The molecular formula is C15H21N3O2S. The highest BCUT2D eigenvalue weighted by atomic mass is 32.2. The molecule has 2 heterocycles. The van der Waals surface area contributed by atoms with Crippen molar-refractivity contribution in [1.29, 1.82) is 0 Å². The summed E-state index contributed by atoms with van der Waals surface area (Å²) >= 11 is 0. The molecule has 1 aromatic heterocycles. The van der Waals surface area contributed by atoms with E-state index in [0.29, 0.717) is 18.5 Å². The number of hydrogen-bond donors (Lipinski definition) is 1. The first-order valence-corrected chi connectivity index (χ1v) is 9.29. The van der Waals surface area contributed by atoms with E-state index in [2.05, 4.69) is 11.5 Å². The van der Waals surface area contributed by atoms with Gasteiger partial charge in [-0.25, -0.2) is 13.4 Å². The molecule has 3 rings (SSSR count). The van der Waals surface area contributed by atoms with Gasteiger partial charge in [-0.3, -0.25) is 0 Å². The normalized spacial score (nSPS) is 19.1. The van der Waals surface area contributed by atoms with Crippen LogP contribution >= 0.6 is 0 Å². The van der Waals surface area contributed by atoms with Crippen LogP contribution in [-0.2, 0) is 16.3 Å². The van der Waals surface area contributed by atoms with E-state index < -0.39 is 9.84 Å². The molecule has 0 atom stereocenters. The van der Waals surface area contributed by atoms with Crippen LogP contribution in [0.5, 0.6) is 0 Å². The van der Waals surface area contributed by atoms with Crippen molar-refractivity contribution < 1.29 is 8.42 Å². The summed E-state index contributed by atoms with van der Waals surface area (Å²) in [7, 11) is -2.85. The van der Waals surface area contributed by atoms with E-state index in [4.69, 9.17) is 10.7 Å². The number of aryl methyl sites for hydroxylation is 1. The molecule has 0 spiro atoms. The number of anilines is 1. The number of sulfone groups is 1. The van der Waals surface area contributed by atoms with Crippen LogP contribution in [0.15, 0.2) is 18.2 Å². The molecular weight excluding hydrogens is 286 g/mol. The van der Waals surface area contributed by atoms with E-state index in [0.717, 1.165) is 29.7 Å². The van der Waals surface area contributed by atoms with Crippen molar-refractivity contribution in [3.63, 3.8) is 0 Å². The van der Waals surface area contributed by atoms with Crippen LogP contribution in [0.1, 0.15) is 38.1 Å². The Morgan fingerprint density at radius 1 is 1.33 bits per heavy atom. The molecule has 21 heavy (non-hydrogen) atoms. The number of aromatic nitrogens is 2. The van der Waals surface area contributed by atoms with Gasteiger partial charge >= 0.3 is 0 Å². The predicted octanol–water partition coefficient (Wildman–Crippen LogP) is 2.32. The molecule has 1 fully saturated rings. The first kappa shape index (κ1) is 14.4. The second-order valence-electron chi connectivity index (χ2n) is 5.78. The molecule has 0 aliphatic carbocycles. The Hall–Kier alpha value is -1.56. The summed E-state index contributed by atoms with van der Waals surface area (Å²) in [4.78, 5) is 4.71. The SMILES string of the molecule is CCCc1nc2cc(N)ccc2n1C1CCS(=O)(=O)CC1. The highest BCUT2D eigenvalue weighted by Gasteiger charge is 2.27. The van der Waals surface area contributed by atoms with Crippen LogP contribution in [0.3, 0.4) is 0 Å². The maximum Gasteiger partial charge on any atom is 0.150 e. The summed E-state index contributed by atoms with van der Waals surface area (Å²) in [5, 5.41) is 0. The number of imidazole rings is 1. The van der Waals surface area contributed by atoms with Gasteiger partial charge in [-0.2, -0.15) is 0 Å². The Balaban J connectivity index is 2.05. The molecule has 1 saturated heterocycles. The lowest BCUT2D eigenvalue weighted by Crippen LogP contribution is -2.26. The zero-order valence-electron chi connectivity index (χ0n) is 12.2. The molecule has 2 aromatic rings. The average molecular weight is 307 g/mol. The monoisotopic (exact) mass is 307 g/mol. The zero-order valence-corrected chi connectivity index (χ0v) is 13.1. The minimum absolute atomic E-state index is 0.226. The largest absolute Gasteiger partial charge is 0.399 e. The third-order valence-electron chi connectivity index (χ3n) is 4.15. The first-order chi connectivity index (χ1) is 10.00. The van der Waals surface area contributed by atoms with Crippen molar-refractivity contribution in [1.82, 2.24) is 9.55 Å². The fraction of sp³-hybridized carbons (Fsp3) is 0.533. The third-order valence-corrected chi connectivity index (χ3v) is 5.86. The lowest BCUT2D eigenvalue weighted by atomic mass is 10.1. The summed E-state index contributed by atoms with van der Waals surface area (Å²) in [6.45, 7) is 2.13. The molecule has 1 aliphatic rings. The van der Waals surface area contributed by atoms with Crippen molar-refractivity contribution in [2.24, 2.45) is 0 Å². The molecule has 0 bridgehead atoms. The molecule has 0 unspecified atom stereocenters. The second-order valence-corrected chi connectivity index (χ2v) is 8.08. The Bertz CT molecular complexity index is 751. The number of benzene rings is 1. The van der Waals surface area contributed by atoms with Crippen LogP contribution in [0.2, 0.25) is 0 Å². The van der Waals surface area contributed by atoms with Crippen molar-refractivity contribution in [3.8, 4) is 0 Å². The number of fused-ring (bicyclic) bond motifs is 1. The number of nitrogens with zero attached hydrogens (tertiary/aromatic N) is 2. The van der Waals surface area contributed by atoms with E-state index in [1.54, 1.807) is 0 Å². The summed E-state index contributed by atoms with van der Waals surface area (Å²) in [6, 6.07) is 6.00. The highest BCUT2D eigenvalue weighted by molar-refractivity contribution is 7.91. The fourth-order valence-electron chi connectivity index (χ4n) is 3.11. The number of nitrogens with two attached hydrogens (primary N) is 1. The van der Waals surface area contributed by atoms with Gasteiger partial charge in [0.2, 0.25) is 0 Å². The van der Waals surface area contributed by atoms with Crippen molar-refractivity contribution in [2.45, 2.75) is 38.6 Å². The minimum atomic E-state index is -2.85. The minimum Gasteiger partial charge on any atom is -0.399 e. The Labute approximate surface area is 125 Å². The Kier molecular flexibility index (Phi) is 3.65. The molecule has 1 aromatic carbocycles. The third kappa shape index (κ3) is 2.77. The predicted molar refractivity (Wildman–Crippen MR) is 85.1 cm³/mol. The zero-order chi connectivity index (χ0) is 15.0. The van der Waals surface area contributed by atoms with Gasteiger partial charge in [-0.15, -0.1) is 0 Å². The molecule has 2 N–H and O–H groups in total. The summed E-state index contributed by atoms with van der Waals surface area (Å²) < 4.78 is 25.5. The van der Waals surface area contributed by atoms with Crippen LogP contribution < -0.4 is 5.73 Å². The van der Waals surface area contributed by atoms with Gasteiger partial charge in [-0.1, -0.05) is 6.92 Å². The smallest absolute Gasteiger partial charge is 0.150 e. The number of rotatable bonds is 3. The fourth-order valence-corrected chi connectivity index (χ4v) is 4.58. The summed E-state index contributed by atoms with van der Waals surface area (Å²) in [5.41, 5.74) is 8.53. The van der Waals surface area contributed by atoms with Crippen LogP contribution in [-0.4, -0.2) is 29.5 Å². The van der Waals surface area contributed by atoms with Gasteiger partial charge in [0.05, 0.1) is 22.5 Å². The first-order valence-electron chi connectivity index (χ1n) is 7.47. The van der Waals surface area contributed by atoms with E-state index in [1.807, 2.05) is 18.2 Å². The van der Waals surface area contributed by atoms with Crippen LogP contribution in [0.25, 0.3) is 11.0 Å². The summed E-state index contributed by atoms with van der Waals surface area (Å²) in [5.74, 6) is 1.60. The van der Waals surface area contributed by atoms with Gasteiger partial charge < -0.3 is 10.3 Å². The molecule has 0 amide bonds. The summed E-state index contributed by atoms with van der Waals surface area (Å²) in [6.07, 6.45) is 3.27. The highest BCUT2D eigenvalue weighted by Crippen LogP contribution is 2.30. The Morgan fingerprint density at radius 2 is 2.05 bits per heavy atom. The second kappa shape index (κ2) is 5.33. The average Bonchev–Trinajstić information content (AvgIpc) is 2.76. The van der Waals surface area contributed by atoms with Crippen molar-refractivity contribution in [2.75, 3.05) is 17.2 Å². The topological polar surface area (TPSA) is 78.0 Å². The van der Waals surface area contributed by atoms with Gasteiger partial charge in [0.15, 0.2) is 0 Å². The van der Waals surface area contributed by atoms with Gasteiger partial charge in [-0.05, 0) is 37.5 Å². The quantitative estimate of drug-likeness (QED) is 0.883. The number of hydrogen-bond acceptors (Lipinski definition) is 4. The van der Waals surface area contributed by atoms with E-state index in [-0.39, 0.29) is 17.5 Å². The van der Waals surface area contributed by atoms with E-state index >= 15 is 0 Å². The lowest BCUT2D eigenvalue weighted by molar-refractivity contribution is 0.445. The van der Waals surface area contributed by atoms with Crippen LogP contribution in [0.4, 0.5) is 5.69 Å². The number of nitrogen functional groups attached to an aromatic ring is 1. The van der Waals surface area contributed by atoms with Crippen molar-refractivity contribution >= 4 is 26.6 Å². The van der Waals surface area contributed by atoms with Gasteiger partial charge in [0.25, 0.3) is 0 Å². The van der Waals surface area contributed by atoms with E-state index in [9.17, 15) is 8.42 Å².